The van der Waals surface area contributed by atoms with Gasteiger partial charge >= 0.3 is 0 Å². The van der Waals surface area contributed by atoms with Crippen molar-refractivity contribution in [3.63, 3.8) is 0 Å². The van der Waals surface area contributed by atoms with Crippen LogP contribution in [0.1, 0.15) is 33.3 Å². The molecule has 144 valence electrons. The predicted octanol–water partition coefficient (Wildman–Crippen LogP) is 5.47. The van der Waals surface area contributed by atoms with Gasteiger partial charge in [0.05, 0.1) is 12.8 Å². The normalized spacial score (nSPS) is 12.0. The van der Waals surface area contributed by atoms with E-state index < -0.39 is 0 Å². The Hall–Kier alpha value is -2.59. The summed E-state index contributed by atoms with van der Waals surface area (Å²) in [6.45, 7) is 9.77. The molecule has 0 atom stereocenters. The third kappa shape index (κ3) is 7.67. The summed E-state index contributed by atoms with van der Waals surface area (Å²) in [6.07, 6.45) is 5.69. The van der Waals surface area contributed by atoms with Gasteiger partial charge < -0.3 is 14.3 Å². The van der Waals surface area contributed by atoms with Crippen LogP contribution in [0.2, 0.25) is 0 Å². The Balaban J connectivity index is 2.01. The second-order valence-corrected chi connectivity index (χ2v) is 6.99. The molecular formula is C23H29NO3. The number of ether oxygens (including phenoxy) is 2. The van der Waals surface area contributed by atoms with Gasteiger partial charge in [-0.25, -0.2) is 0 Å². The lowest BCUT2D eigenvalue weighted by Gasteiger charge is -2.15. The second-order valence-electron chi connectivity index (χ2n) is 6.99. The first-order valence-corrected chi connectivity index (χ1v) is 9.26. The van der Waals surface area contributed by atoms with Crippen LogP contribution in [0, 0.1) is 0 Å². The minimum atomic E-state index is -0.304. The first-order chi connectivity index (χ1) is 13.0. The van der Waals surface area contributed by atoms with Crippen LogP contribution in [0.25, 0.3) is 11.1 Å². The quantitative estimate of drug-likeness (QED) is 0.255. The molecule has 0 bridgehead atoms. The van der Waals surface area contributed by atoms with Gasteiger partial charge in [-0.2, -0.15) is 0 Å². The molecule has 0 aliphatic carbocycles. The molecule has 0 heterocycles. The van der Waals surface area contributed by atoms with Gasteiger partial charge in [0.25, 0.3) is 0 Å². The molecule has 0 radical (unpaired) electrons. The van der Waals surface area contributed by atoms with E-state index in [0.717, 1.165) is 29.0 Å². The van der Waals surface area contributed by atoms with Crippen LogP contribution in [-0.4, -0.2) is 31.6 Å². The van der Waals surface area contributed by atoms with Gasteiger partial charge in [-0.1, -0.05) is 47.6 Å². The van der Waals surface area contributed by atoms with E-state index in [1.165, 1.54) is 0 Å². The molecule has 0 aliphatic rings. The average Bonchev–Trinajstić information content (AvgIpc) is 2.65. The maximum absolute atomic E-state index is 5.72. The zero-order valence-electron chi connectivity index (χ0n) is 16.6. The molecule has 2 aromatic carbocycles. The van der Waals surface area contributed by atoms with E-state index in [-0.39, 0.29) is 5.60 Å². The summed E-state index contributed by atoms with van der Waals surface area (Å²) in [7, 11) is 0. The van der Waals surface area contributed by atoms with Gasteiger partial charge in [-0.05, 0) is 57.0 Å². The maximum Gasteiger partial charge on any atom is 0.129 e. The number of benzene rings is 2. The van der Waals surface area contributed by atoms with E-state index in [4.69, 9.17) is 14.3 Å². The highest BCUT2D eigenvalue weighted by Crippen LogP contribution is 2.25. The minimum Gasteiger partial charge on any atom is -0.490 e. The van der Waals surface area contributed by atoms with Crippen molar-refractivity contribution in [1.29, 1.82) is 0 Å². The number of hydrogen-bond donors (Lipinski definition) is 0. The van der Waals surface area contributed by atoms with Crippen LogP contribution in [0.15, 0.2) is 65.8 Å². The fourth-order valence-electron chi connectivity index (χ4n) is 2.31. The molecule has 0 N–H and O–H groups in total. The average molecular weight is 367 g/mol. The van der Waals surface area contributed by atoms with Gasteiger partial charge in [0.2, 0.25) is 0 Å². The number of hydrogen-bond acceptors (Lipinski definition) is 4. The Kier molecular flexibility index (Phi) is 8.08. The topological polar surface area (TPSA) is 40.0 Å². The van der Waals surface area contributed by atoms with E-state index in [1.54, 1.807) is 6.21 Å². The van der Waals surface area contributed by atoms with Crippen molar-refractivity contribution < 1.29 is 14.3 Å². The predicted molar refractivity (Wildman–Crippen MR) is 111 cm³/mol. The molecule has 4 nitrogen and oxygen atoms in total. The highest BCUT2D eigenvalue weighted by molar-refractivity contribution is 5.90. The lowest BCUT2D eigenvalue weighted by atomic mass is 10.0. The van der Waals surface area contributed by atoms with E-state index in [0.29, 0.717) is 13.2 Å². The summed E-state index contributed by atoms with van der Waals surface area (Å²) < 4.78 is 11.0. The third-order valence-corrected chi connectivity index (χ3v) is 3.58. The molecule has 0 saturated heterocycles. The zero-order valence-corrected chi connectivity index (χ0v) is 16.6. The summed E-state index contributed by atoms with van der Waals surface area (Å²) >= 11 is 0. The smallest absolute Gasteiger partial charge is 0.129 e. The van der Waals surface area contributed by atoms with E-state index in [2.05, 4.69) is 23.4 Å². The molecular weight excluding hydrogens is 338 g/mol. The molecule has 0 unspecified atom stereocenters. The lowest BCUT2D eigenvalue weighted by Crippen LogP contribution is -2.15. The van der Waals surface area contributed by atoms with Gasteiger partial charge in [0.1, 0.15) is 18.0 Å². The number of rotatable bonds is 9. The minimum absolute atomic E-state index is 0.304. The van der Waals surface area contributed by atoms with Gasteiger partial charge in [-0.3, -0.25) is 0 Å². The van der Waals surface area contributed by atoms with Crippen molar-refractivity contribution in [2.75, 3.05) is 19.8 Å². The Labute approximate surface area is 162 Å². The molecule has 0 fully saturated rings. The number of nitrogens with zero attached hydrogens (tertiary/aromatic N) is 1. The Bertz CT molecular complexity index is 743. The molecule has 2 aromatic rings. The molecule has 0 amide bonds. The van der Waals surface area contributed by atoms with Crippen LogP contribution in [0.5, 0.6) is 5.75 Å². The Morgan fingerprint density at radius 3 is 2.33 bits per heavy atom. The first kappa shape index (κ1) is 20.7. The second kappa shape index (κ2) is 10.5. The van der Waals surface area contributed by atoms with Crippen molar-refractivity contribution in [1.82, 2.24) is 0 Å². The van der Waals surface area contributed by atoms with Crippen molar-refractivity contribution in [3.05, 3.63) is 66.2 Å². The Morgan fingerprint density at radius 1 is 0.926 bits per heavy atom. The zero-order chi connectivity index (χ0) is 19.5. The van der Waals surface area contributed by atoms with Gasteiger partial charge in [-0.15, -0.1) is 0 Å². The monoisotopic (exact) mass is 367 g/mol. The molecule has 0 spiro atoms. The molecule has 0 saturated carbocycles. The van der Waals surface area contributed by atoms with Crippen molar-refractivity contribution in [2.24, 2.45) is 5.16 Å². The third-order valence-electron chi connectivity index (χ3n) is 3.58. The van der Waals surface area contributed by atoms with Crippen LogP contribution in [-0.2, 0) is 9.57 Å². The van der Waals surface area contributed by atoms with Crippen LogP contribution in [0.3, 0.4) is 0 Å². The van der Waals surface area contributed by atoms with Gasteiger partial charge in [0, 0.05) is 12.2 Å². The molecule has 2 rings (SSSR count). The Morgan fingerprint density at radius 2 is 1.63 bits per heavy atom. The fraction of sp³-hybridized carbons (Fsp3) is 0.348. The van der Waals surface area contributed by atoms with Crippen LogP contribution < -0.4 is 4.74 Å². The largest absolute Gasteiger partial charge is 0.490 e. The fourth-order valence-corrected chi connectivity index (χ4v) is 2.31. The summed E-state index contributed by atoms with van der Waals surface area (Å²) in [6, 6.07) is 16.2. The van der Waals surface area contributed by atoms with E-state index >= 15 is 0 Å². The summed E-state index contributed by atoms with van der Waals surface area (Å²) in [5, 5.41) is 4.12. The van der Waals surface area contributed by atoms with Crippen LogP contribution in [0.4, 0.5) is 0 Å². The SMILES string of the molecule is CCOC/C=C\COc1ccc(-c2ccccc2/C=N\OC(C)(C)C)cc1. The molecule has 0 aromatic heterocycles. The van der Waals surface area contributed by atoms with Crippen LogP contribution >= 0.6 is 0 Å². The molecule has 0 aliphatic heterocycles. The van der Waals surface area contributed by atoms with Crippen molar-refractivity contribution in [2.45, 2.75) is 33.3 Å². The highest BCUT2D eigenvalue weighted by atomic mass is 16.6. The molecule has 4 heteroatoms. The standard InChI is InChI=1S/C23H29NO3/c1-5-25-16-8-9-17-26-21-14-12-19(13-15-21)22-11-7-6-10-20(22)18-24-27-23(2,3)4/h6-15,18H,5,16-17H2,1-4H3/b9-8-,24-18-. The maximum atomic E-state index is 5.72. The first-order valence-electron chi connectivity index (χ1n) is 9.26. The number of oxime groups is 1. The van der Waals surface area contributed by atoms with Crippen molar-refractivity contribution >= 4 is 6.21 Å². The van der Waals surface area contributed by atoms with E-state index in [1.807, 2.05) is 70.2 Å². The summed E-state index contributed by atoms with van der Waals surface area (Å²) in [5.74, 6) is 0.835. The highest BCUT2D eigenvalue weighted by Gasteiger charge is 2.10. The molecule has 27 heavy (non-hydrogen) atoms. The van der Waals surface area contributed by atoms with Gasteiger partial charge in [0.15, 0.2) is 0 Å². The van der Waals surface area contributed by atoms with E-state index in [9.17, 15) is 0 Å². The lowest BCUT2D eigenvalue weighted by molar-refractivity contribution is 0.00199. The summed E-state index contributed by atoms with van der Waals surface area (Å²) in [5.41, 5.74) is 2.91. The van der Waals surface area contributed by atoms with Crippen molar-refractivity contribution in [3.8, 4) is 16.9 Å². The summed E-state index contributed by atoms with van der Waals surface area (Å²) in [4.78, 5) is 5.46.